The van der Waals surface area contributed by atoms with Crippen molar-refractivity contribution in [3.05, 3.63) is 106 Å². The van der Waals surface area contributed by atoms with Gasteiger partial charge in [-0.05, 0) is 81.5 Å². The van der Waals surface area contributed by atoms with Crippen LogP contribution in [0, 0.1) is 6.92 Å². The molecule has 1 N–H and O–H groups in total. The second-order valence-electron chi connectivity index (χ2n) is 10.1. The SMILES string of the molecule is COC(=O)c1ccc(C2/C(=C(\O)c3ccc(OCc4cccc(C)c4)cc3)C(=O)C(=O)N2CCCN(C)C)cc1. The lowest BCUT2D eigenvalue weighted by molar-refractivity contribution is -0.139. The van der Waals surface area contributed by atoms with Crippen molar-refractivity contribution >= 4 is 23.4 Å². The van der Waals surface area contributed by atoms with Crippen LogP contribution >= 0.6 is 0 Å². The molecule has 208 valence electrons. The Bertz CT molecular complexity index is 1410. The van der Waals surface area contributed by atoms with Crippen LogP contribution in [0.5, 0.6) is 5.75 Å². The van der Waals surface area contributed by atoms with Crippen LogP contribution in [0.15, 0.2) is 78.4 Å². The van der Waals surface area contributed by atoms with E-state index in [2.05, 4.69) is 6.07 Å². The fourth-order valence-electron chi connectivity index (χ4n) is 4.77. The highest BCUT2D eigenvalue weighted by Crippen LogP contribution is 2.39. The normalized spacial score (nSPS) is 16.4. The van der Waals surface area contributed by atoms with Crippen LogP contribution in [0.25, 0.3) is 5.76 Å². The van der Waals surface area contributed by atoms with Gasteiger partial charge in [0.05, 0.1) is 24.3 Å². The zero-order valence-electron chi connectivity index (χ0n) is 23.2. The maximum Gasteiger partial charge on any atom is 0.337 e. The maximum absolute atomic E-state index is 13.3. The molecule has 1 unspecified atom stereocenters. The number of rotatable bonds is 10. The molecule has 1 amide bonds. The number of hydrogen-bond donors (Lipinski definition) is 1. The fraction of sp³-hybridized carbons (Fsp3) is 0.281. The highest BCUT2D eigenvalue weighted by Gasteiger charge is 2.45. The van der Waals surface area contributed by atoms with E-state index in [4.69, 9.17) is 9.47 Å². The van der Waals surface area contributed by atoms with Gasteiger partial charge in [-0.1, -0.05) is 42.0 Å². The van der Waals surface area contributed by atoms with Crippen molar-refractivity contribution in [1.82, 2.24) is 9.80 Å². The van der Waals surface area contributed by atoms with Gasteiger partial charge in [0.15, 0.2) is 0 Å². The van der Waals surface area contributed by atoms with E-state index in [-0.39, 0.29) is 11.3 Å². The van der Waals surface area contributed by atoms with Crippen LogP contribution in [-0.4, -0.2) is 66.9 Å². The molecule has 0 bridgehead atoms. The molecular weight excluding hydrogens is 508 g/mol. The summed E-state index contributed by atoms with van der Waals surface area (Å²) in [5.74, 6) is -1.56. The summed E-state index contributed by atoms with van der Waals surface area (Å²) in [6.45, 7) is 3.47. The Morgan fingerprint density at radius 2 is 1.65 bits per heavy atom. The first-order chi connectivity index (χ1) is 19.2. The summed E-state index contributed by atoms with van der Waals surface area (Å²) in [7, 11) is 5.17. The molecule has 3 aromatic rings. The zero-order chi connectivity index (χ0) is 28.8. The molecule has 4 rings (SSSR count). The minimum absolute atomic E-state index is 0.00843. The van der Waals surface area contributed by atoms with Crippen molar-refractivity contribution in [2.75, 3.05) is 34.3 Å². The van der Waals surface area contributed by atoms with Crippen LogP contribution in [0.3, 0.4) is 0 Å². The number of aryl methyl sites for hydroxylation is 1. The molecule has 0 aromatic heterocycles. The van der Waals surface area contributed by atoms with Gasteiger partial charge in [-0.25, -0.2) is 4.79 Å². The van der Waals surface area contributed by atoms with Gasteiger partial charge in [-0.2, -0.15) is 0 Å². The highest BCUT2D eigenvalue weighted by molar-refractivity contribution is 6.46. The Balaban J connectivity index is 1.64. The Morgan fingerprint density at radius 1 is 0.975 bits per heavy atom. The van der Waals surface area contributed by atoms with Crippen molar-refractivity contribution in [3.8, 4) is 5.75 Å². The van der Waals surface area contributed by atoms with Gasteiger partial charge in [0.25, 0.3) is 11.7 Å². The Labute approximate surface area is 234 Å². The van der Waals surface area contributed by atoms with Crippen molar-refractivity contribution < 1.29 is 29.0 Å². The molecule has 1 saturated heterocycles. The molecule has 0 radical (unpaired) electrons. The predicted octanol–water partition coefficient (Wildman–Crippen LogP) is 4.73. The number of nitrogens with zero attached hydrogens (tertiary/aromatic N) is 2. The molecule has 3 aromatic carbocycles. The molecule has 8 nitrogen and oxygen atoms in total. The first-order valence-corrected chi connectivity index (χ1v) is 13.1. The van der Waals surface area contributed by atoms with E-state index in [0.29, 0.717) is 42.0 Å². The first-order valence-electron chi connectivity index (χ1n) is 13.1. The Kier molecular flexibility index (Phi) is 9.01. The second kappa shape index (κ2) is 12.6. The number of amides is 1. The number of carbonyl (C=O) groups is 3. The number of benzene rings is 3. The van der Waals surface area contributed by atoms with E-state index < -0.39 is 23.7 Å². The fourth-order valence-corrected chi connectivity index (χ4v) is 4.77. The van der Waals surface area contributed by atoms with Crippen molar-refractivity contribution in [2.24, 2.45) is 0 Å². The Morgan fingerprint density at radius 3 is 2.27 bits per heavy atom. The lowest BCUT2D eigenvalue weighted by Gasteiger charge is -2.26. The van der Waals surface area contributed by atoms with E-state index in [0.717, 1.165) is 17.7 Å². The van der Waals surface area contributed by atoms with Crippen molar-refractivity contribution in [3.63, 3.8) is 0 Å². The summed E-state index contributed by atoms with van der Waals surface area (Å²) in [6, 6.07) is 20.5. The number of methoxy groups -OCH3 is 1. The van der Waals surface area contributed by atoms with Gasteiger partial charge in [-0.15, -0.1) is 0 Å². The quantitative estimate of drug-likeness (QED) is 0.171. The topological polar surface area (TPSA) is 96.4 Å². The summed E-state index contributed by atoms with van der Waals surface area (Å²) < 4.78 is 10.7. The molecule has 1 aliphatic rings. The van der Waals surface area contributed by atoms with E-state index in [1.807, 2.05) is 44.1 Å². The lowest BCUT2D eigenvalue weighted by Crippen LogP contribution is -2.32. The number of aliphatic hydroxyl groups excluding tert-OH is 1. The van der Waals surface area contributed by atoms with E-state index in [1.54, 1.807) is 48.5 Å². The number of ether oxygens (including phenoxy) is 2. The summed E-state index contributed by atoms with van der Waals surface area (Å²) in [5.41, 5.74) is 3.54. The first kappa shape index (κ1) is 28.6. The highest BCUT2D eigenvalue weighted by atomic mass is 16.5. The minimum Gasteiger partial charge on any atom is -0.507 e. The second-order valence-corrected chi connectivity index (χ2v) is 10.1. The standard InChI is InChI=1S/C32H34N2O6/c1-21-7-5-8-22(19-21)20-40-26-15-13-24(14-16-26)29(35)27-28(23-9-11-25(12-10-23)32(38)39-4)34(31(37)30(27)36)18-6-17-33(2)3/h5,7-16,19,28,35H,6,17-18,20H2,1-4H3/b29-27+. The average molecular weight is 543 g/mol. The van der Waals surface area contributed by atoms with Gasteiger partial charge in [-0.3, -0.25) is 9.59 Å². The Hall–Kier alpha value is -4.43. The molecule has 0 aliphatic carbocycles. The summed E-state index contributed by atoms with van der Waals surface area (Å²) in [5, 5.41) is 11.3. The van der Waals surface area contributed by atoms with E-state index >= 15 is 0 Å². The molecule has 1 fully saturated rings. The number of Topliss-reactive ketones (excluding diaryl/α,β-unsaturated/α-hetero) is 1. The number of ketones is 1. The summed E-state index contributed by atoms with van der Waals surface area (Å²) in [4.78, 5) is 41.9. The molecule has 1 heterocycles. The molecule has 40 heavy (non-hydrogen) atoms. The molecule has 1 aliphatic heterocycles. The smallest absolute Gasteiger partial charge is 0.337 e. The van der Waals surface area contributed by atoms with Crippen molar-refractivity contribution in [2.45, 2.75) is 26.0 Å². The van der Waals surface area contributed by atoms with E-state index in [9.17, 15) is 19.5 Å². The molecule has 1 atom stereocenters. The number of likely N-dealkylation sites (tertiary alicyclic amines) is 1. The van der Waals surface area contributed by atoms with Gasteiger partial charge in [0.1, 0.15) is 18.1 Å². The van der Waals surface area contributed by atoms with Crippen molar-refractivity contribution in [1.29, 1.82) is 0 Å². The number of aliphatic hydroxyl groups is 1. The van der Waals surface area contributed by atoms with Crippen LogP contribution in [0.1, 0.15) is 45.1 Å². The molecular formula is C32H34N2O6. The zero-order valence-corrected chi connectivity index (χ0v) is 23.2. The van der Waals surface area contributed by atoms with Crippen LogP contribution in [0.2, 0.25) is 0 Å². The van der Waals surface area contributed by atoms with Gasteiger partial charge in [0.2, 0.25) is 0 Å². The number of hydrogen-bond acceptors (Lipinski definition) is 7. The molecule has 0 spiro atoms. The third-order valence-electron chi connectivity index (χ3n) is 6.81. The number of carbonyl (C=O) groups excluding carboxylic acids is 3. The van der Waals surface area contributed by atoms with Gasteiger partial charge < -0.3 is 24.4 Å². The third kappa shape index (κ3) is 6.40. The third-order valence-corrected chi connectivity index (χ3v) is 6.81. The van der Waals surface area contributed by atoms with Crippen LogP contribution in [-0.2, 0) is 20.9 Å². The maximum atomic E-state index is 13.3. The minimum atomic E-state index is -0.800. The van der Waals surface area contributed by atoms with E-state index in [1.165, 1.54) is 12.0 Å². The molecule has 0 saturated carbocycles. The predicted molar refractivity (Wildman–Crippen MR) is 152 cm³/mol. The van der Waals surface area contributed by atoms with Gasteiger partial charge in [0, 0.05) is 12.1 Å². The largest absolute Gasteiger partial charge is 0.507 e. The summed E-state index contributed by atoms with van der Waals surface area (Å²) in [6.07, 6.45) is 0.643. The lowest BCUT2D eigenvalue weighted by atomic mass is 9.94. The van der Waals surface area contributed by atoms with Crippen LogP contribution in [0.4, 0.5) is 0 Å². The van der Waals surface area contributed by atoms with Crippen LogP contribution < -0.4 is 4.74 Å². The van der Waals surface area contributed by atoms with Gasteiger partial charge >= 0.3 is 5.97 Å². The summed E-state index contributed by atoms with van der Waals surface area (Å²) >= 11 is 0. The molecule has 8 heteroatoms. The number of esters is 1. The average Bonchev–Trinajstić information content (AvgIpc) is 3.20. The monoisotopic (exact) mass is 542 g/mol.